The third-order valence-electron chi connectivity index (χ3n) is 4.77. The fourth-order valence-electron chi connectivity index (χ4n) is 3.25. The lowest BCUT2D eigenvalue weighted by Gasteiger charge is -2.14. The molecule has 0 unspecified atom stereocenters. The molecule has 2 aromatic heterocycles. The van der Waals surface area contributed by atoms with E-state index in [1.807, 2.05) is 0 Å². The molecule has 0 aliphatic rings. The minimum Gasteiger partial charge on any atom is -0.493 e. The molecule has 0 radical (unpaired) electrons. The van der Waals surface area contributed by atoms with E-state index in [4.69, 9.17) is 14.2 Å². The van der Waals surface area contributed by atoms with Crippen LogP contribution in [0, 0.1) is 5.82 Å². The number of nitrogens with one attached hydrogen (secondary N) is 2. The van der Waals surface area contributed by atoms with Crippen LogP contribution < -0.4 is 19.5 Å². The number of fused-ring (bicyclic) bond motifs is 1. The molecule has 0 aliphatic carbocycles. The zero-order chi connectivity index (χ0) is 24.8. The number of aromatic amines is 1. The molecule has 0 amide bonds. The highest BCUT2D eigenvalue weighted by Crippen LogP contribution is 2.34. The molecule has 4 aromatic rings. The zero-order valence-corrected chi connectivity index (χ0v) is 19.8. The summed E-state index contributed by atoms with van der Waals surface area (Å²) in [4.78, 5) is 4.38. The number of ether oxygens (including phenoxy) is 3. The van der Waals surface area contributed by atoms with E-state index in [9.17, 15) is 12.8 Å². The first kappa shape index (κ1) is 24.2. The Morgan fingerprint density at radius 2 is 1.91 bits per heavy atom. The Hall–Kier alpha value is -3.90. The van der Waals surface area contributed by atoms with Crippen molar-refractivity contribution in [1.29, 1.82) is 0 Å². The van der Waals surface area contributed by atoms with Crippen molar-refractivity contribution >= 4 is 32.5 Å². The Morgan fingerprint density at radius 1 is 1.06 bits per heavy atom. The first-order valence-electron chi connectivity index (χ1n) is 10.4. The summed E-state index contributed by atoms with van der Waals surface area (Å²) in [6.45, 7) is 0.0115. The topological polar surface area (TPSA) is 125 Å². The highest BCUT2D eigenvalue weighted by atomic mass is 32.2. The first-order valence-corrected chi connectivity index (χ1v) is 12.3. The van der Waals surface area contributed by atoms with Crippen LogP contribution in [0.2, 0.25) is 0 Å². The van der Waals surface area contributed by atoms with Crippen LogP contribution in [-0.2, 0) is 20.9 Å². The summed E-state index contributed by atoms with van der Waals surface area (Å²) in [7, 11) is -2.04. The standard InChI is InChI=1S/C23H23FN4O6S/c1-31-20-13-17(6-7-19(20)33-14-15-4-3-5-16(24)12-15)26-22-21-18(8-9-25-22)27-28-23(21)32-10-11-34-35(2,29)30/h3-9,12-13H,10-11,14H2,1-2H3,(H,25,26)(H,27,28). The van der Waals surface area contributed by atoms with Gasteiger partial charge in [-0.25, -0.2) is 9.37 Å². The summed E-state index contributed by atoms with van der Waals surface area (Å²) in [5.74, 6) is 1.34. The lowest BCUT2D eigenvalue weighted by molar-refractivity contribution is 0.218. The Bertz CT molecular complexity index is 1430. The molecule has 10 nitrogen and oxygen atoms in total. The maximum absolute atomic E-state index is 13.4. The van der Waals surface area contributed by atoms with Crippen LogP contribution >= 0.6 is 0 Å². The van der Waals surface area contributed by atoms with Crippen molar-refractivity contribution in [2.24, 2.45) is 0 Å². The van der Waals surface area contributed by atoms with E-state index in [1.165, 1.54) is 19.2 Å². The third kappa shape index (κ3) is 6.37. The Kier molecular flexibility index (Phi) is 7.32. The summed E-state index contributed by atoms with van der Waals surface area (Å²) in [5.41, 5.74) is 2.02. The van der Waals surface area contributed by atoms with E-state index in [1.54, 1.807) is 42.6 Å². The first-order chi connectivity index (χ1) is 16.8. The fourth-order valence-corrected chi connectivity index (χ4v) is 3.62. The van der Waals surface area contributed by atoms with Crippen LogP contribution in [0.5, 0.6) is 17.4 Å². The highest BCUT2D eigenvalue weighted by Gasteiger charge is 2.15. The van der Waals surface area contributed by atoms with Gasteiger partial charge in [-0.1, -0.05) is 12.1 Å². The van der Waals surface area contributed by atoms with Gasteiger partial charge in [0.15, 0.2) is 11.5 Å². The average Bonchev–Trinajstić information content (AvgIpc) is 3.24. The molecule has 0 fully saturated rings. The molecule has 0 spiro atoms. The van der Waals surface area contributed by atoms with Crippen molar-refractivity contribution in [2.45, 2.75) is 6.61 Å². The quantitative estimate of drug-likeness (QED) is 0.233. The zero-order valence-electron chi connectivity index (χ0n) is 18.9. The number of hydrogen-bond acceptors (Lipinski definition) is 9. The second-order valence-electron chi connectivity index (χ2n) is 7.39. The van der Waals surface area contributed by atoms with E-state index in [0.717, 1.165) is 6.26 Å². The predicted octanol–water partition coefficient (Wildman–Crippen LogP) is 3.78. The molecule has 184 valence electrons. The molecule has 35 heavy (non-hydrogen) atoms. The minimum atomic E-state index is -3.56. The lowest BCUT2D eigenvalue weighted by atomic mass is 10.2. The summed E-state index contributed by atoms with van der Waals surface area (Å²) in [6.07, 6.45) is 2.57. The molecule has 4 rings (SSSR count). The number of rotatable bonds is 11. The summed E-state index contributed by atoms with van der Waals surface area (Å²) >= 11 is 0. The Morgan fingerprint density at radius 3 is 2.69 bits per heavy atom. The van der Waals surface area contributed by atoms with E-state index < -0.39 is 10.1 Å². The van der Waals surface area contributed by atoms with Crippen LogP contribution in [0.15, 0.2) is 54.7 Å². The molecular weight excluding hydrogens is 479 g/mol. The minimum absolute atomic E-state index is 0.0213. The SMILES string of the molecule is COc1cc(Nc2nccc3[nH]nc(OCCOS(C)(=O)=O)c23)ccc1OCc1cccc(F)c1. The Balaban J connectivity index is 1.49. The number of benzene rings is 2. The summed E-state index contributed by atoms with van der Waals surface area (Å²) in [5, 5.41) is 10.8. The van der Waals surface area contributed by atoms with Crippen molar-refractivity contribution in [3.63, 3.8) is 0 Å². The summed E-state index contributed by atoms with van der Waals surface area (Å²) < 4.78 is 57.2. The van der Waals surface area contributed by atoms with E-state index in [-0.39, 0.29) is 31.5 Å². The van der Waals surface area contributed by atoms with E-state index in [0.29, 0.717) is 39.5 Å². The van der Waals surface area contributed by atoms with Crippen molar-refractivity contribution in [1.82, 2.24) is 15.2 Å². The van der Waals surface area contributed by atoms with Gasteiger partial charge >= 0.3 is 0 Å². The summed E-state index contributed by atoms with van der Waals surface area (Å²) in [6, 6.07) is 13.2. The van der Waals surface area contributed by atoms with Gasteiger partial charge in [0.1, 0.15) is 36.8 Å². The van der Waals surface area contributed by atoms with Crippen molar-refractivity contribution in [3.8, 4) is 17.4 Å². The molecule has 2 heterocycles. The molecule has 2 N–H and O–H groups in total. The molecule has 0 bridgehead atoms. The van der Waals surface area contributed by atoms with Gasteiger partial charge < -0.3 is 19.5 Å². The van der Waals surface area contributed by atoms with E-state index >= 15 is 0 Å². The molecule has 0 saturated heterocycles. The van der Waals surface area contributed by atoms with Gasteiger partial charge in [-0.3, -0.25) is 9.28 Å². The van der Waals surface area contributed by atoms with Crippen LogP contribution in [-0.4, -0.2) is 50.2 Å². The van der Waals surface area contributed by atoms with Crippen LogP contribution in [0.3, 0.4) is 0 Å². The van der Waals surface area contributed by atoms with Gasteiger partial charge in [-0.05, 0) is 35.9 Å². The maximum atomic E-state index is 13.4. The van der Waals surface area contributed by atoms with Gasteiger partial charge in [-0.2, -0.15) is 8.42 Å². The predicted molar refractivity (Wildman–Crippen MR) is 127 cm³/mol. The normalized spacial score (nSPS) is 11.4. The molecule has 0 atom stereocenters. The fraction of sp³-hybridized carbons (Fsp3) is 0.217. The maximum Gasteiger partial charge on any atom is 0.264 e. The molecular formula is C23H23FN4O6S. The van der Waals surface area contributed by atoms with Gasteiger partial charge in [0.2, 0.25) is 5.88 Å². The number of hydrogen-bond donors (Lipinski definition) is 2. The van der Waals surface area contributed by atoms with Crippen LogP contribution in [0.1, 0.15) is 5.56 Å². The second kappa shape index (κ2) is 10.6. The monoisotopic (exact) mass is 502 g/mol. The van der Waals surface area contributed by atoms with Crippen LogP contribution in [0.25, 0.3) is 10.9 Å². The average molecular weight is 503 g/mol. The van der Waals surface area contributed by atoms with Crippen LogP contribution in [0.4, 0.5) is 15.9 Å². The smallest absolute Gasteiger partial charge is 0.264 e. The number of anilines is 2. The molecule has 2 aromatic carbocycles. The number of pyridine rings is 1. The lowest BCUT2D eigenvalue weighted by Crippen LogP contribution is -2.11. The number of H-pyrrole nitrogens is 1. The number of halogens is 1. The van der Waals surface area contributed by atoms with Crippen molar-refractivity contribution in [3.05, 3.63) is 66.1 Å². The molecule has 0 aliphatic heterocycles. The number of methoxy groups -OCH3 is 1. The van der Waals surface area contributed by atoms with Gasteiger partial charge in [-0.15, -0.1) is 5.10 Å². The highest BCUT2D eigenvalue weighted by molar-refractivity contribution is 7.85. The molecule has 12 heteroatoms. The van der Waals surface area contributed by atoms with Gasteiger partial charge in [0.25, 0.3) is 10.1 Å². The largest absolute Gasteiger partial charge is 0.493 e. The number of nitrogens with zero attached hydrogens (tertiary/aromatic N) is 2. The van der Waals surface area contributed by atoms with Gasteiger partial charge in [0.05, 0.1) is 18.9 Å². The van der Waals surface area contributed by atoms with Crippen molar-refractivity contribution < 1.29 is 31.2 Å². The third-order valence-corrected chi connectivity index (χ3v) is 5.37. The van der Waals surface area contributed by atoms with Crippen molar-refractivity contribution in [2.75, 3.05) is 31.9 Å². The molecule has 0 saturated carbocycles. The van der Waals surface area contributed by atoms with E-state index in [2.05, 4.69) is 24.7 Å². The second-order valence-corrected chi connectivity index (χ2v) is 9.04. The van der Waals surface area contributed by atoms with Gasteiger partial charge in [0, 0.05) is 18.0 Å². The number of aromatic nitrogens is 3. The Labute approximate surface area is 201 Å².